The van der Waals surface area contributed by atoms with Crippen molar-refractivity contribution in [2.24, 2.45) is 0 Å². The summed E-state index contributed by atoms with van der Waals surface area (Å²) in [6.45, 7) is 3.65. The molecule has 1 aromatic carbocycles. The van der Waals surface area contributed by atoms with Crippen molar-refractivity contribution in [1.82, 2.24) is 4.37 Å². The van der Waals surface area contributed by atoms with Gasteiger partial charge in [0.2, 0.25) is 5.69 Å². The van der Waals surface area contributed by atoms with Gasteiger partial charge in [-0.05, 0) is 17.6 Å². The molecule has 2 rings (SSSR count). The molecule has 0 spiro atoms. The Morgan fingerprint density at radius 3 is 2.68 bits per heavy atom. The molecule has 0 radical (unpaired) electrons. The number of hydrogen-bond donors (Lipinski definition) is 0. The van der Waals surface area contributed by atoms with Crippen LogP contribution in [0.5, 0.6) is 0 Å². The zero-order valence-corrected chi connectivity index (χ0v) is 11.8. The highest BCUT2D eigenvalue weighted by Gasteiger charge is 2.29. The van der Waals surface area contributed by atoms with Crippen molar-refractivity contribution in [3.63, 3.8) is 0 Å². The number of halogens is 2. The Balaban J connectivity index is 2.43. The summed E-state index contributed by atoms with van der Waals surface area (Å²) in [7, 11) is 0. The minimum absolute atomic E-state index is 0.0805. The highest BCUT2D eigenvalue weighted by Crippen LogP contribution is 2.30. The molecule has 0 saturated carbocycles. The zero-order chi connectivity index (χ0) is 14.0. The third kappa shape index (κ3) is 2.51. The van der Waals surface area contributed by atoms with Gasteiger partial charge in [-0.25, -0.2) is 4.79 Å². The zero-order valence-electron chi connectivity index (χ0n) is 9.43. The van der Waals surface area contributed by atoms with Gasteiger partial charge in [0, 0.05) is 6.07 Å². The first-order valence-electron chi connectivity index (χ1n) is 5.01. The van der Waals surface area contributed by atoms with Gasteiger partial charge < -0.3 is 0 Å². The quantitative estimate of drug-likeness (QED) is 0.630. The monoisotopic (exact) mass is 310 g/mol. The maximum atomic E-state index is 12.2. The molecule has 1 aromatic heterocycles. The number of carbonyl (C=O) groups excluding carboxylic acids is 1. The fraction of sp³-hybridized carbons (Fsp3) is 0. The van der Waals surface area contributed by atoms with Gasteiger partial charge >= 0.3 is 5.91 Å². The van der Waals surface area contributed by atoms with Crippen molar-refractivity contribution >= 4 is 53.0 Å². The van der Waals surface area contributed by atoms with Gasteiger partial charge in [-0.2, -0.15) is 9.64 Å². The molecule has 0 saturated heterocycles. The molecule has 7 heteroatoms. The van der Waals surface area contributed by atoms with E-state index in [0.29, 0.717) is 11.3 Å². The second kappa shape index (κ2) is 5.49. The van der Waals surface area contributed by atoms with E-state index >= 15 is 0 Å². The second-order valence-electron chi connectivity index (χ2n) is 3.48. The molecule has 0 N–H and O–H groups in total. The molecule has 0 bridgehead atoms. The Hall–Kier alpha value is -1.74. The Bertz CT molecular complexity index is 718. The lowest BCUT2D eigenvalue weighted by Crippen LogP contribution is -2.14. The maximum absolute atomic E-state index is 12.2. The number of carbonyl (C=O) groups is 1. The predicted octanol–water partition coefficient (Wildman–Crippen LogP) is 3.51. The summed E-state index contributed by atoms with van der Waals surface area (Å²) in [6.07, 6.45) is 0. The lowest BCUT2D eigenvalue weighted by molar-refractivity contribution is -0.324. The van der Waals surface area contributed by atoms with Crippen molar-refractivity contribution < 1.29 is 9.37 Å². The average Bonchev–Trinajstić information content (AvgIpc) is 2.77. The summed E-state index contributed by atoms with van der Waals surface area (Å²) in [6, 6.07) is 8.64. The van der Waals surface area contributed by atoms with Crippen molar-refractivity contribution in [3.05, 3.63) is 44.9 Å². The van der Waals surface area contributed by atoms with Crippen LogP contribution in [0.3, 0.4) is 0 Å². The van der Waals surface area contributed by atoms with E-state index in [2.05, 4.69) is 11.1 Å². The van der Waals surface area contributed by atoms with Gasteiger partial charge in [0.25, 0.3) is 0 Å². The van der Waals surface area contributed by atoms with Crippen LogP contribution in [-0.2, 0) is 0 Å². The van der Waals surface area contributed by atoms with Crippen molar-refractivity contribution in [2.45, 2.75) is 0 Å². The SMILES string of the molecule is C=[N+](C(=O)c1snc(Cl)c1Cl)c1ccccc1C#N. The largest absolute Gasteiger partial charge is 0.437 e. The summed E-state index contributed by atoms with van der Waals surface area (Å²) in [5, 5.41) is 9.18. The molecule has 0 atom stereocenters. The summed E-state index contributed by atoms with van der Waals surface area (Å²) < 4.78 is 4.90. The van der Waals surface area contributed by atoms with Crippen LogP contribution in [0.15, 0.2) is 24.3 Å². The highest BCUT2D eigenvalue weighted by atomic mass is 35.5. The number of benzene rings is 1. The maximum Gasteiger partial charge on any atom is 0.437 e. The van der Waals surface area contributed by atoms with Gasteiger partial charge in [-0.15, -0.1) is 4.58 Å². The van der Waals surface area contributed by atoms with Crippen LogP contribution >= 0.6 is 34.7 Å². The molecular weight excluding hydrogens is 305 g/mol. The molecule has 2 aromatic rings. The number of para-hydroxylation sites is 1. The van der Waals surface area contributed by atoms with Gasteiger partial charge in [0.05, 0.1) is 0 Å². The fourth-order valence-electron chi connectivity index (χ4n) is 1.43. The lowest BCUT2D eigenvalue weighted by atomic mass is 10.2. The third-order valence-corrected chi connectivity index (χ3v) is 4.14. The van der Waals surface area contributed by atoms with E-state index in [1.807, 2.05) is 6.07 Å². The first-order valence-corrected chi connectivity index (χ1v) is 6.54. The molecule has 94 valence electrons. The standard InChI is InChI=1S/C12H6Cl2N3OS/c1-17(8-5-3-2-4-7(8)6-15)12(18)10-9(13)11(14)16-19-10/h2-5H,1H2/q+1. The Morgan fingerprint density at radius 1 is 1.42 bits per heavy atom. The lowest BCUT2D eigenvalue weighted by Gasteiger charge is -1.99. The fourth-order valence-corrected chi connectivity index (χ4v) is 2.59. The summed E-state index contributed by atoms with van der Waals surface area (Å²) in [5.41, 5.74) is 0.744. The predicted molar refractivity (Wildman–Crippen MR) is 74.7 cm³/mol. The molecule has 0 aliphatic rings. The molecule has 0 fully saturated rings. The Labute approximate surface area is 123 Å². The third-order valence-electron chi connectivity index (χ3n) is 2.35. The van der Waals surface area contributed by atoms with Crippen LogP contribution in [-0.4, -0.2) is 21.6 Å². The van der Waals surface area contributed by atoms with E-state index in [9.17, 15) is 4.79 Å². The highest BCUT2D eigenvalue weighted by molar-refractivity contribution is 7.09. The van der Waals surface area contributed by atoms with E-state index in [0.717, 1.165) is 16.1 Å². The number of nitrogens with zero attached hydrogens (tertiary/aromatic N) is 3. The van der Waals surface area contributed by atoms with Crippen LogP contribution in [0.25, 0.3) is 0 Å². The number of aromatic nitrogens is 1. The Morgan fingerprint density at radius 2 is 2.11 bits per heavy atom. The van der Waals surface area contributed by atoms with Crippen LogP contribution in [0, 0.1) is 11.3 Å². The van der Waals surface area contributed by atoms with Gasteiger partial charge in [0.15, 0.2) is 10.0 Å². The van der Waals surface area contributed by atoms with Crippen LogP contribution < -0.4 is 0 Å². The molecule has 4 nitrogen and oxygen atoms in total. The summed E-state index contributed by atoms with van der Waals surface area (Å²) >= 11 is 12.5. The number of nitriles is 1. The minimum atomic E-state index is -0.461. The van der Waals surface area contributed by atoms with Crippen molar-refractivity contribution in [1.29, 1.82) is 5.26 Å². The van der Waals surface area contributed by atoms with Crippen LogP contribution in [0.1, 0.15) is 15.2 Å². The van der Waals surface area contributed by atoms with E-state index in [4.69, 9.17) is 28.5 Å². The molecule has 1 heterocycles. The summed E-state index contributed by atoms with van der Waals surface area (Å²) in [5.74, 6) is -0.461. The smallest absolute Gasteiger partial charge is 0.213 e. The van der Waals surface area contributed by atoms with Gasteiger partial charge in [-0.3, -0.25) is 0 Å². The molecule has 0 aliphatic carbocycles. The first kappa shape index (κ1) is 13.7. The normalized spacial score (nSPS) is 9.95. The molecule has 19 heavy (non-hydrogen) atoms. The van der Waals surface area contributed by atoms with Crippen molar-refractivity contribution in [2.75, 3.05) is 0 Å². The molecule has 0 unspecified atom stereocenters. The van der Waals surface area contributed by atoms with Crippen molar-refractivity contribution in [3.8, 4) is 6.07 Å². The molecular formula is C12H6Cl2N3OS+. The number of amides is 1. The van der Waals surface area contributed by atoms with Crippen LogP contribution in [0.4, 0.5) is 5.69 Å². The van der Waals surface area contributed by atoms with E-state index in [1.54, 1.807) is 24.3 Å². The molecule has 0 aliphatic heterocycles. The van der Waals surface area contributed by atoms with E-state index in [1.165, 1.54) is 0 Å². The van der Waals surface area contributed by atoms with Gasteiger partial charge in [0.1, 0.15) is 23.4 Å². The Kier molecular flexibility index (Phi) is 3.96. The second-order valence-corrected chi connectivity index (χ2v) is 4.99. The topological polar surface area (TPSA) is 56.8 Å². The first-order chi connectivity index (χ1) is 9.06. The van der Waals surface area contributed by atoms with E-state index < -0.39 is 5.91 Å². The molecule has 1 amide bonds. The average molecular weight is 311 g/mol. The van der Waals surface area contributed by atoms with Gasteiger partial charge in [-0.1, -0.05) is 35.3 Å². The number of rotatable bonds is 2. The van der Waals surface area contributed by atoms with Crippen LogP contribution in [0.2, 0.25) is 10.2 Å². The van der Waals surface area contributed by atoms with E-state index in [-0.39, 0.29) is 15.1 Å². The minimum Gasteiger partial charge on any atom is -0.213 e. The summed E-state index contributed by atoms with van der Waals surface area (Å²) in [4.78, 5) is 12.4. The number of hydrogen-bond acceptors (Lipinski definition) is 4.